The molecule has 0 unspecified atom stereocenters. The molecule has 1 atom stereocenters. The lowest BCUT2D eigenvalue weighted by molar-refractivity contribution is -0.150. The monoisotopic (exact) mass is 126 g/mol. The summed E-state index contributed by atoms with van der Waals surface area (Å²) in [6.45, 7) is 3.54. The van der Waals surface area contributed by atoms with Gasteiger partial charge in [-0.05, 0) is 12.8 Å². The van der Waals surface area contributed by atoms with E-state index in [0.717, 1.165) is 12.8 Å². The zero-order valence-electron chi connectivity index (χ0n) is 5.30. The van der Waals surface area contributed by atoms with Crippen LogP contribution in [0.15, 0.2) is 12.7 Å². The van der Waals surface area contributed by atoms with E-state index in [4.69, 9.17) is 4.74 Å². The second-order valence-electron chi connectivity index (χ2n) is 2.16. The van der Waals surface area contributed by atoms with Crippen LogP contribution in [0.4, 0.5) is 0 Å². The average molecular weight is 126 g/mol. The van der Waals surface area contributed by atoms with Crippen molar-refractivity contribution in [2.24, 2.45) is 0 Å². The molecule has 1 rings (SSSR count). The summed E-state index contributed by atoms with van der Waals surface area (Å²) >= 11 is 0. The van der Waals surface area contributed by atoms with Crippen LogP contribution in [-0.4, -0.2) is 12.1 Å². The van der Waals surface area contributed by atoms with E-state index >= 15 is 0 Å². The van der Waals surface area contributed by atoms with Gasteiger partial charge in [0.25, 0.3) is 0 Å². The molecule has 9 heavy (non-hydrogen) atoms. The van der Waals surface area contributed by atoms with Crippen LogP contribution < -0.4 is 0 Å². The maximum atomic E-state index is 10.6. The number of hydrogen-bond donors (Lipinski definition) is 0. The summed E-state index contributed by atoms with van der Waals surface area (Å²) in [6, 6.07) is 0. The molecular weight excluding hydrogens is 116 g/mol. The molecule has 0 aliphatic carbocycles. The van der Waals surface area contributed by atoms with E-state index in [1.165, 1.54) is 0 Å². The van der Waals surface area contributed by atoms with Crippen molar-refractivity contribution < 1.29 is 9.53 Å². The van der Waals surface area contributed by atoms with Crippen molar-refractivity contribution in [2.75, 3.05) is 0 Å². The maximum absolute atomic E-state index is 10.6. The van der Waals surface area contributed by atoms with Crippen molar-refractivity contribution in [3.05, 3.63) is 12.7 Å². The molecule has 0 amide bonds. The largest absolute Gasteiger partial charge is 0.458 e. The SMILES string of the molecule is C=C[C@@H]1CCCC(=O)O1. The van der Waals surface area contributed by atoms with E-state index in [2.05, 4.69) is 6.58 Å². The molecule has 0 spiro atoms. The van der Waals surface area contributed by atoms with Gasteiger partial charge >= 0.3 is 5.97 Å². The Hall–Kier alpha value is -0.790. The fourth-order valence-corrected chi connectivity index (χ4v) is 0.900. The molecule has 2 nitrogen and oxygen atoms in total. The van der Waals surface area contributed by atoms with Gasteiger partial charge in [0.15, 0.2) is 0 Å². The lowest BCUT2D eigenvalue weighted by Crippen LogP contribution is -2.20. The van der Waals surface area contributed by atoms with Crippen LogP contribution in [0.1, 0.15) is 19.3 Å². The Morgan fingerprint density at radius 1 is 1.78 bits per heavy atom. The Balaban J connectivity index is 2.40. The third-order valence-electron chi connectivity index (χ3n) is 1.42. The zero-order chi connectivity index (χ0) is 6.69. The van der Waals surface area contributed by atoms with Gasteiger partial charge in [-0.3, -0.25) is 4.79 Å². The third kappa shape index (κ3) is 1.56. The standard InChI is InChI=1S/C7H10O2/c1-2-6-4-3-5-7(8)9-6/h2,6H,1,3-5H2/t6-/m1/s1. The fraction of sp³-hybridized carbons (Fsp3) is 0.571. The maximum Gasteiger partial charge on any atom is 0.306 e. The number of carbonyl (C=O) groups is 1. The predicted octanol–water partition coefficient (Wildman–Crippen LogP) is 1.27. The Bertz CT molecular complexity index is 129. The molecule has 0 aromatic heterocycles. The Morgan fingerprint density at radius 2 is 2.56 bits per heavy atom. The number of esters is 1. The number of hydrogen-bond acceptors (Lipinski definition) is 2. The quantitative estimate of drug-likeness (QED) is 0.390. The van der Waals surface area contributed by atoms with Crippen molar-refractivity contribution in [1.29, 1.82) is 0 Å². The van der Waals surface area contributed by atoms with E-state index in [-0.39, 0.29) is 12.1 Å². The van der Waals surface area contributed by atoms with Crippen molar-refractivity contribution in [2.45, 2.75) is 25.4 Å². The minimum Gasteiger partial charge on any atom is -0.458 e. The lowest BCUT2D eigenvalue weighted by Gasteiger charge is -2.18. The van der Waals surface area contributed by atoms with Gasteiger partial charge in [-0.2, -0.15) is 0 Å². The van der Waals surface area contributed by atoms with Crippen molar-refractivity contribution in [3.63, 3.8) is 0 Å². The van der Waals surface area contributed by atoms with Crippen LogP contribution in [0.2, 0.25) is 0 Å². The number of carbonyl (C=O) groups excluding carboxylic acids is 1. The Kier molecular flexibility index (Phi) is 1.88. The minimum absolute atomic E-state index is 0.0220. The van der Waals surface area contributed by atoms with Crippen LogP contribution in [0.25, 0.3) is 0 Å². The highest BCUT2D eigenvalue weighted by atomic mass is 16.5. The number of cyclic esters (lactones) is 1. The molecule has 2 heteroatoms. The van der Waals surface area contributed by atoms with Gasteiger partial charge in [-0.1, -0.05) is 12.7 Å². The van der Waals surface area contributed by atoms with E-state index in [9.17, 15) is 4.79 Å². The van der Waals surface area contributed by atoms with Crippen LogP contribution in [0.3, 0.4) is 0 Å². The van der Waals surface area contributed by atoms with Crippen LogP contribution >= 0.6 is 0 Å². The van der Waals surface area contributed by atoms with E-state index in [0.29, 0.717) is 6.42 Å². The van der Waals surface area contributed by atoms with E-state index < -0.39 is 0 Å². The summed E-state index contributed by atoms with van der Waals surface area (Å²) < 4.78 is 4.88. The predicted molar refractivity (Wildman–Crippen MR) is 33.9 cm³/mol. The first kappa shape index (κ1) is 6.33. The molecule has 0 N–H and O–H groups in total. The summed E-state index contributed by atoms with van der Waals surface area (Å²) in [6.07, 6.45) is 4.11. The molecule has 0 aromatic carbocycles. The van der Waals surface area contributed by atoms with Gasteiger partial charge in [-0.25, -0.2) is 0 Å². The molecule has 1 saturated heterocycles. The molecule has 0 radical (unpaired) electrons. The summed E-state index contributed by atoms with van der Waals surface area (Å²) in [4.78, 5) is 10.6. The van der Waals surface area contributed by atoms with Gasteiger partial charge in [0, 0.05) is 6.42 Å². The topological polar surface area (TPSA) is 26.3 Å². The van der Waals surface area contributed by atoms with Crippen LogP contribution in [-0.2, 0) is 9.53 Å². The Labute approximate surface area is 54.5 Å². The smallest absolute Gasteiger partial charge is 0.306 e. The molecule has 1 fully saturated rings. The molecule has 50 valence electrons. The van der Waals surface area contributed by atoms with Gasteiger partial charge in [0.2, 0.25) is 0 Å². The molecule has 1 aliphatic heterocycles. The number of rotatable bonds is 1. The molecular formula is C7H10O2. The van der Waals surface area contributed by atoms with Crippen molar-refractivity contribution in [1.82, 2.24) is 0 Å². The van der Waals surface area contributed by atoms with E-state index in [1.54, 1.807) is 6.08 Å². The third-order valence-corrected chi connectivity index (χ3v) is 1.42. The average Bonchev–Trinajstić information content (AvgIpc) is 1.88. The highest BCUT2D eigenvalue weighted by Crippen LogP contribution is 2.13. The highest BCUT2D eigenvalue weighted by molar-refractivity contribution is 5.70. The summed E-state index contributed by atoms with van der Waals surface area (Å²) in [7, 11) is 0. The zero-order valence-corrected chi connectivity index (χ0v) is 5.30. The second-order valence-corrected chi connectivity index (χ2v) is 2.16. The summed E-state index contributed by atoms with van der Waals surface area (Å²) in [5, 5.41) is 0. The molecule has 0 aromatic rings. The minimum atomic E-state index is -0.0915. The fourth-order valence-electron chi connectivity index (χ4n) is 0.900. The normalized spacial score (nSPS) is 27.1. The van der Waals surface area contributed by atoms with E-state index in [1.807, 2.05) is 0 Å². The highest BCUT2D eigenvalue weighted by Gasteiger charge is 2.16. The summed E-state index contributed by atoms with van der Waals surface area (Å²) in [5.74, 6) is -0.0915. The number of ether oxygens (including phenoxy) is 1. The van der Waals surface area contributed by atoms with Gasteiger partial charge in [0.05, 0.1) is 0 Å². The first-order valence-corrected chi connectivity index (χ1v) is 3.15. The molecule has 0 bridgehead atoms. The van der Waals surface area contributed by atoms with Gasteiger partial charge in [-0.15, -0.1) is 0 Å². The summed E-state index contributed by atoms with van der Waals surface area (Å²) in [5.41, 5.74) is 0. The van der Waals surface area contributed by atoms with Gasteiger partial charge < -0.3 is 4.74 Å². The molecule has 1 heterocycles. The molecule has 1 aliphatic rings. The van der Waals surface area contributed by atoms with Crippen LogP contribution in [0, 0.1) is 0 Å². The van der Waals surface area contributed by atoms with Crippen molar-refractivity contribution >= 4 is 5.97 Å². The molecule has 0 saturated carbocycles. The lowest BCUT2D eigenvalue weighted by atomic mass is 10.1. The van der Waals surface area contributed by atoms with Crippen LogP contribution in [0.5, 0.6) is 0 Å². The first-order valence-electron chi connectivity index (χ1n) is 3.15. The first-order chi connectivity index (χ1) is 4.33. The van der Waals surface area contributed by atoms with Crippen molar-refractivity contribution in [3.8, 4) is 0 Å². The Morgan fingerprint density at radius 3 is 3.00 bits per heavy atom. The van der Waals surface area contributed by atoms with Gasteiger partial charge in [0.1, 0.15) is 6.10 Å². The second kappa shape index (κ2) is 2.67.